The Morgan fingerprint density at radius 1 is 1.45 bits per heavy atom. The minimum absolute atomic E-state index is 0.141. The lowest BCUT2D eigenvalue weighted by atomic mass is 10.1. The first-order valence-electron chi connectivity index (χ1n) is 7.11. The van der Waals surface area contributed by atoms with E-state index < -0.39 is 5.60 Å². The third-order valence-corrected chi connectivity index (χ3v) is 4.02. The summed E-state index contributed by atoms with van der Waals surface area (Å²) in [6.07, 6.45) is 3.45. The SMILES string of the molecule is Cc1cc(C(=O)N2CCC(O)(CO)C2)ccc1-n1cncn1. The van der Waals surface area contributed by atoms with Crippen molar-refractivity contribution in [3.63, 3.8) is 0 Å². The van der Waals surface area contributed by atoms with Crippen LogP contribution in [-0.2, 0) is 0 Å². The van der Waals surface area contributed by atoms with Crippen LogP contribution in [0.2, 0.25) is 0 Å². The molecule has 1 unspecified atom stereocenters. The molecule has 7 heteroatoms. The molecular formula is C15H18N4O3. The number of nitrogens with zero attached hydrogens (tertiary/aromatic N) is 4. The van der Waals surface area contributed by atoms with E-state index >= 15 is 0 Å². The van der Waals surface area contributed by atoms with Gasteiger partial charge in [0.25, 0.3) is 5.91 Å². The Bertz CT molecular complexity index is 686. The molecule has 7 nitrogen and oxygen atoms in total. The van der Waals surface area contributed by atoms with Gasteiger partial charge in [-0.05, 0) is 37.1 Å². The highest BCUT2D eigenvalue weighted by molar-refractivity contribution is 5.95. The maximum atomic E-state index is 12.5. The van der Waals surface area contributed by atoms with Crippen molar-refractivity contribution < 1.29 is 15.0 Å². The predicted octanol–water partition coefficient (Wildman–Crippen LogP) is 0.145. The van der Waals surface area contributed by atoms with Crippen molar-refractivity contribution in [2.24, 2.45) is 0 Å². The van der Waals surface area contributed by atoms with Gasteiger partial charge in [-0.15, -0.1) is 0 Å². The summed E-state index contributed by atoms with van der Waals surface area (Å²) in [7, 11) is 0. The molecule has 2 heterocycles. The Kier molecular flexibility index (Phi) is 3.67. The molecule has 0 saturated carbocycles. The van der Waals surface area contributed by atoms with Crippen molar-refractivity contribution in [2.45, 2.75) is 18.9 Å². The van der Waals surface area contributed by atoms with Crippen LogP contribution in [0.15, 0.2) is 30.9 Å². The summed E-state index contributed by atoms with van der Waals surface area (Å²) in [5, 5.41) is 23.3. The minimum Gasteiger partial charge on any atom is -0.393 e. The number of aryl methyl sites for hydroxylation is 1. The molecule has 1 aliphatic rings. The van der Waals surface area contributed by atoms with Gasteiger partial charge in [-0.1, -0.05) is 0 Å². The number of aromatic nitrogens is 3. The fourth-order valence-corrected chi connectivity index (χ4v) is 2.72. The zero-order valence-electron chi connectivity index (χ0n) is 12.3. The van der Waals surface area contributed by atoms with Gasteiger partial charge in [-0.3, -0.25) is 4.79 Å². The topological polar surface area (TPSA) is 91.5 Å². The van der Waals surface area contributed by atoms with Crippen LogP contribution in [0.4, 0.5) is 0 Å². The molecule has 0 aliphatic carbocycles. The summed E-state index contributed by atoms with van der Waals surface area (Å²) in [5.41, 5.74) is 1.16. The molecule has 1 aromatic heterocycles. The second-order valence-electron chi connectivity index (χ2n) is 5.70. The van der Waals surface area contributed by atoms with Gasteiger partial charge >= 0.3 is 0 Å². The first kappa shape index (κ1) is 14.7. The summed E-state index contributed by atoms with van der Waals surface area (Å²) in [6, 6.07) is 5.36. The van der Waals surface area contributed by atoms with Crippen LogP contribution in [0.1, 0.15) is 22.3 Å². The van der Waals surface area contributed by atoms with E-state index in [4.69, 9.17) is 0 Å². The third-order valence-electron chi connectivity index (χ3n) is 4.02. The number of β-amino-alcohol motifs (C(OH)–C–C–N with tert-alkyl or cyclic N) is 1. The van der Waals surface area contributed by atoms with Crippen molar-refractivity contribution in [3.05, 3.63) is 42.0 Å². The molecule has 1 fully saturated rings. The molecule has 3 rings (SSSR count). The number of likely N-dealkylation sites (tertiary alicyclic amines) is 1. The highest BCUT2D eigenvalue weighted by Gasteiger charge is 2.37. The number of aliphatic hydroxyl groups is 2. The number of aliphatic hydroxyl groups excluding tert-OH is 1. The average Bonchev–Trinajstić information content (AvgIpc) is 3.17. The van der Waals surface area contributed by atoms with Gasteiger partial charge < -0.3 is 15.1 Å². The van der Waals surface area contributed by atoms with Crippen molar-refractivity contribution in [1.29, 1.82) is 0 Å². The Labute approximate surface area is 127 Å². The maximum absolute atomic E-state index is 12.5. The molecule has 1 atom stereocenters. The van der Waals surface area contributed by atoms with E-state index in [2.05, 4.69) is 10.1 Å². The molecule has 1 aromatic carbocycles. The van der Waals surface area contributed by atoms with Crippen LogP contribution in [0, 0.1) is 6.92 Å². The quantitative estimate of drug-likeness (QED) is 0.842. The summed E-state index contributed by atoms with van der Waals surface area (Å²) in [5.74, 6) is -0.141. The molecule has 22 heavy (non-hydrogen) atoms. The molecule has 116 valence electrons. The average molecular weight is 302 g/mol. The second kappa shape index (κ2) is 5.51. The molecule has 2 N–H and O–H groups in total. The first-order valence-corrected chi connectivity index (χ1v) is 7.11. The largest absolute Gasteiger partial charge is 0.393 e. The maximum Gasteiger partial charge on any atom is 0.253 e. The highest BCUT2D eigenvalue weighted by Crippen LogP contribution is 2.23. The molecule has 1 saturated heterocycles. The van der Waals surface area contributed by atoms with E-state index in [0.717, 1.165) is 11.3 Å². The molecule has 1 aliphatic heterocycles. The van der Waals surface area contributed by atoms with E-state index in [0.29, 0.717) is 18.5 Å². The van der Waals surface area contributed by atoms with Crippen LogP contribution in [0.5, 0.6) is 0 Å². The normalized spacial score (nSPS) is 21.3. The van der Waals surface area contributed by atoms with E-state index in [1.165, 1.54) is 6.33 Å². The molecule has 0 radical (unpaired) electrons. The van der Waals surface area contributed by atoms with Crippen LogP contribution in [0.25, 0.3) is 5.69 Å². The Balaban J connectivity index is 1.81. The Morgan fingerprint density at radius 2 is 2.27 bits per heavy atom. The van der Waals surface area contributed by atoms with Crippen LogP contribution >= 0.6 is 0 Å². The second-order valence-corrected chi connectivity index (χ2v) is 5.70. The number of rotatable bonds is 3. The first-order chi connectivity index (χ1) is 10.5. The molecular weight excluding hydrogens is 284 g/mol. The monoisotopic (exact) mass is 302 g/mol. The van der Waals surface area contributed by atoms with Crippen LogP contribution < -0.4 is 0 Å². The summed E-state index contributed by atoms with van der Waals surface area (Å²) < 4.78 is 1.64. The van der Waals surface area contributed by atoms with Crippen molar-refractivity contribution >= 4 is 5.91 Å². The Hall–Kier alpha value is -2.25. The summed E-state index contributed by atoms with van der Waals surface area (Å²) in [6.45, 7) is 2.18. The number of amides is 1. The predicted molar refractivity (Wildman–Crippen MR) is 78.7 cm³/mol. The number of carbonyl (C=O) groups excluding carboxylic acids is 1. The van der Waals surface area contributed by atoms with Gasteiger partial charge in [0.05, 0.1) is 18.8 Å². The van der Waals surface area contributed by atoms with Crippen molar-refractivity contribution in [3.8, 4) is 5.69 Å². The van der Waals surface area contributed by atoms with Gasteiger partial charge in [0, 0.05) is 12.1 Å². The lowest BCUT2D eigenvalue weighted by molar-refractivity contribution is -0.00455. The molecule has 2 aromatic rings. The fraction of sp³-hybridized carbons (Fsp3) is 0.400. The van der Waals surface area contributed by atoms with E-state index in [-0.39, 0.29) is 19.1 Å². The number of hydrogen-bond acceptors (Lipinski definition) is 5. The number of carbonyl (C=O) groups is 1. The van der Waals surface area contributed by atoms with Crippen LogP contribution in [0.3, 0.4) is 0 Å². The Morgan fingerprint density at radius 3 is 2.86 bits per heavy atom. The zero-order chi connectivity index (χ0) is 15.7. The summed E-state index contributed by atoms with van der Waals surface area (Å²) in [4.78, 5) is 18.0. The van der Waals surface area contributed by atoms with Gasteiger partial charge in [0.1, 0.15) is 18.3 Å². The lowest BCUT2D eigenvalue weighted by Gasteiger charge is -2.21. The minimum atomic E-state index is -1.18. The van der Waals surface area contributed by atoms with E-state index in [1.807, 2.05) is 13.0 Å². The third kappa shape index (κ3) is 2.60. The van der Waals surface area contributed by atoms with Crippen molar-refractivity contribution in [2.75, 3.05) is 19.7 Å². The van der Waals surface area contributed by atoms with Gasteiger partial charge in [0.15, 0.2) is 0 Å². The highest BCUT2D eigenvalue weighted by atomic mass is 16.3. The lowest BCUT2D eigenvalue weighted by Crippen LogP contribution is -2.38. The smallest absolute Gasteiger partial charge is 0.253 e. The standard InChI is InChI=1S/C15H18N4O3/c1-11-6-12(2-3-13(11)19-10-16-9-17-19)14(21)18-5-4-15(22,7-18)8-20/h2-3,6,9-10,20,22H,4-5,7-8H2,1H3. The number of benzene rings is 1. The fourth-order valence-electron chi connectivity index (χ4n) is 2.72. The number of hydrogen-bond donors (Lipinski definition) is 2. The van der Waals surface area contributed by atoms with E-state index in [9.17, 15) is 15.0 Å². The van der Waals surface area contributed by atoms with Gasteiger partial charge in [-0.25, -0.2) is 9.67 Å². The van der Waals surface area contributed by atoms with E-state index in [1.54, 1.807) is 28.0 Å². The molecule has 0 spiro atoms. The molecule has 0 bridgehead atoms. The van der Waals surface area contributed by atoms with Gasteiger partial charge in [-0.2, -0.15) is 5.10 Å². The van der Waals surface area contributed by atoms with Gasteiger partial charge in [0.2, 0.25) is 0 Å². The van der Waals surface area contributed by atoms with Crippen LogP contribution in [-0.4, -0.2) is 61.1 Å². The van der Waals surface area contributed by atoms with Crippen molar-refractivity contribution in [1.82, 2.24) is 19.7 Å². The molecule has 1 amide bonds. The summed E-state index contributed by atoms with van der Waals surface area (Å²) >= 11 is 0. The zero-order valence-corrected chi connectivity index (χ0v) is 12.3.